The summed E-state index contributed by atoms with van der Waals surface area (Å²) in [5.41, 5.74) is 0.485. The van der Waals surface area contributed by atoms with E-state index in [0.717, 1.165) is 6.42 Å². The summed E-state index contributed by atoms with van der Waals surface area (Å²) in [7, 11) is 0. The zero-order chi connectivity index (χ0) is 12.4. The molecule has 1 aliphatic rings. The van der Waals surface area contributed by atoms with Crippen molar-refractivity contribution >= 4 is 23.0 Å². The van der Waals surface area contributed by atoms with E-state index < -0.39 is 4.92 Å². The molecular formula is C11H13ClN2O3. The van der Waals surface area contributed by atoms with Crippen LogP contribution in [0.25, 0.3) is 0 Å². The SMILES string of the molecule is CC1OCCC1Nc1ccc(Cl)cc1[N+](=O)[O-]. The number of ether oxygens (including phenoxy) is 1. The second-order valence-corrected chi connectivity index (χ2v) is 4.47. The number of hydrogen-bond donors (Lipinski definition) is 1. The van der Waals surface area contributed by atoms with Crippen LogP contribution in [0.2, 0.25) is 5.02 Å². The Balaban J connectivity index is 2.22. The van der Waals surface area contributed by atoms with Crippen molar-refractivity contribution in [3.05, 3.63) is 33.3 Å². The fourth-order valence-electron chi connectivity index (χ4n) is 1.90. The van der Waals surface area contributed by atoms with Gasteiger partial charge in [-0.05, 0) is 25.5 Å². The molecule has 0 aliphatic carbocycles. The molecule has 1 aromatic rings. The van der Waals surface area contributed by atoms with Crippen molar-refractivity contribution < 1.29 is 9.66 Å². The minimum Gasteiger partial charge on any atom is -0.376 e. The van der Waals surface area contributed by atoms with E-state index in [4.69, 9.17) is 16.3 Å². The molecule has 1 fully saturated rings. The third kappa shape index (κ3) is 2.68. The Morgan fingerprint density at radius 1 is 1.59 bits per heavy atom. The third-order valence-electron chi connectivity index (χ3n) is 2.87. The first-order chi connectivity index (χ1) is 8.08. The van der Waals surface area contributed by atoms with Gasteiger partial charge in [0, 0.05) is 17.7 Å². The van der Waals surface area contributed by atoms with Gasteiger partial charge in [-0.15, -0.1) is 0 Å². The second kappa shape index (κ2) is 4.89. The highest BCUT2D eigenvalue weighted by Crippen LogP contribution is 2.30. The highest BCUT2D eigenvalue weighted by Gasteiger charge is 2.26. The van der Waals surface area contributed by atoms with E-state index in [9.17, 15) is 10.1 Å². The molecule has 0 radical (unpaired) electrons. The van der Waals surface area contributed by atoms with Crippen LogP contribution >= 0.6 is 11.6 Å². The van der Waals surface area contributed by atoms with Crippen LogP contribution in [0.4, 0.5) is 11.4 Å². The molecule has 1 N–H and O–H groups in total. The summed E-state index contributed by atoms with van der Waals surface area (Å²) in [6.45, 7) is 2.63. The summed E-state index contributed by atoms with van der Waals surface area (Å²) < 4.78 is 5.40. The fraction of sp³-hybridized carbons (Fsp3) is 0.455. The van der Waals surface area contributed by atoms with Crippen molar-refractivity contribution in [3.8, 4) is 0 Å². The predicted octanol–water partition coefficient (Wildman–Crippen LogP) is 2.84. The van der Waals surface area contributed by atoms with E-state index in [1.165, 1.54) is 6.07 Å². The van der Waals surface area contributed by atoms with Crippen molar-refractivity contribution in [3.63, 3.8) is 0 Å². The highest BCUT2D eigenvalue weighted by atomic mass is 35.5. The molecule has 1 heterocycles. The van der Waals surface area contributed by atoms with Gasteiger partial charge in [-0.25, -0.2) is 0 Å². The van der Waals surface area contributed by atoms with Gasteiger partial charge < -0.3 is 10.1 Å². The molecule has 1 saturated heterocycles. The molecule has 0 spiro atoms. The largest absolute Gasteiger partial charge is 0.376 e. The van der Waals surface area contributed by atoms with Crippen molar-refractivity contribution in [1.82, 2.24) is 0 Å². The Morgan fingerprint density at radius 2 is 2.35 bits per heavy atom. The number of nitro benzene ring substituents is 1. The summed E-state index contributed by atoms with van der Waals surface area (Å²) in [6, 6.07) is 4.72. The van der Waals surface area contributed by atoms with E-state index in [0.29, 0.717) is 17.3 Å². The van der Waals surface area contributed by atoms with Gasteiger partial charge in [0.2, 0.25) is 0 Å². The Kier molecular flexibility index (Phi) is 3.49. The van der Waals surface area contributed by atoms with Crippen LogP contribution in [0.15, 0.2) is 18.2 Å². The lowest BCUT2D eigenvalue weighted by Crippen LogP contribution is -2.26. The molecule has 17 heavy (non-hydrogen) atoms. The van der Waals surface area contributed by atoms with Crippen LogP contribution in [0.3, 0.4) is 0 Å². The topological polar surface area (TPSA) is 64.4 Å². The molecule has 0 amide bonds. The van der Waals surface area contributed by atoms with E-state index in [1.807, 2.05) is 6.92 Å². The predicted molar refractivity (Wildman–Crippen MR) is 65.5 cm³/mol. The molecule has 2 rings (SSSR count). The number of anilines is 1. The Bertz CT molecular complexity index is 439. The number of nitro groups is 1. The number of benzene rings is 1. The number of nitrogens with zero attached hydrogens (tertiary/aromatic N) is 1. The zero-order valence-corrected chi connectivity index (χ0v) is 10.1. The maximum Gasteiger partial charge on any atom is 0.293 e. The van der Waals surface area contributed by atoms with Crippen molar-refractivity contribution in [2.45, 2.75) is 25.5 Å². The molecule has 0 aromatic heterocycles. The van der Waals surface area contributed by atoms with Gasteiger partial charge in [-0.1, -0.05) is 11.6 Å². The number of hydrogen-bond acceptors (Lipinski definition) is 4. The molecule has 1 aliphatic heterocycles. The van der Waals surface area contributed by atoms with Crippen LogP contribution in [-0.2, 0) is 4.74 Å². The van der Waals surface area contributed by atoms with Gasteiger partial charge in [0.1, 0.15) is 5.69 Å². The number of halogens is 1. The summed E-state index contributed by atoms with van der Waals surface area (Å²) in [5.74, 6) is 0. The van der Waals surface area contributed by atoms with Crippen LogP contribution < -0.4 is 5.32 Å². The van der Waals surface area contributed by atoms with Crippen LogP contribution in [-0.4, -0.2) is 23.7 Å². The van der Waals surface area contributed by atoms with Crippen LogP contribution in [0.5, 0.6) is 0 Å². The zero-order valence-electron chi connectivity index (χ0n) is 9.35. The first-order valence-electron chi connectivity index (χ1n) is 5.40. The molecule has 0 saturated carbocycles. The standard InChI is InChI=1S/C11H13ClN2O3/c1-7-9(4-5-17-7)13-10-3-2-8(12)6-11(10)14(15)16/h2-3,6-7,9,13H,4-5H2,1H3. The Morgan fingerprint density at radius 3 is 2.94 bits per heavy atom. The van der Waals surface area contributed by atoms with Gasteiger partial charge >= 0.3 is 0 Å². The minimum absolute atomic E-state index is 0.00315. The maximum absolute atomic E-state index is 10.9. The number of nitrogens with one attached hydrogen (secondary N) is 1. The van der Waals surface area contributed by atoms with E-state index in [-0.39, 0.29) is 17.8 Å². The fourth-order valence-corrected chi connectivity index (χ4v) is 2.07. The third-order valence-corrected chi connectivity index (χ3v) is 3.11. The molecule has 2 unspecified atom stereocenters. The van der Waals surface area contributed by atoms with Crippen LogP contribution in [0, 0.1) is 10.1 Å². The molecular weight excluding hydrogens is 244 g/mol. The van der Waals surface area contributed by atoms with Crippen molar-refractivity contribution in [2.24, 2.45) is 0 Å². The quantitative estimate of drug-likeness (QED) is 0.667. The summed E-state index contributed by atoms with van der Waals surface area (Å²) >= 11 is 5.75. The number of rotatable bonds is 3. The van der Waals surface area contributed by atoms with E-state index in [2.05, 4.69) is 5.32 Å². The first kappa shape index (κ1) is 12.1. The molecule has 0 bridgehead atoms. The monoisotopic (exact) mass is 256 g/mol. The minimum atomic E-state index is -0.436. The summed E-state index contributed by atoms with van der Waals surface area (Å²) in [6.07, 6.45) is 0.909. The molecule has 92 valence electrons. The van der Waals surface area contributed by atoms with Crippen LogP contribution in [0.1, 0.15) is 13.3 Å². The first-order valence-corrected chi connectivity index (χ1v) is 5.78. The smallest absolute Gasteiger partial charge is 0.293 e. The van der Waals surface area contributed by atoms with E-state index >= 15 is 0 Å². The molecule has 5 nitrogen and oxygen atoms in total. The highest BCUT2D eigenvalue weighted by molar-refractivity contribution is 6.30. The molecule has 1 aromatic carbocycles. The summed E-state index contributed by atoms with van der Waals surface area (Å²) in [4.78, 5) is 10.5. The molecule has 2 atom stereocenters. The van der Waals surface area contributed by atoms with Gasteiger partial charge in [0.15, 0.2) is 0 Å². The van der Waals surface area contributed by atoms with Crippen molar-refractivity contribution in [1.29, 1.82) is 0 Å². The Hall–Kier alpha value is -1.33. The second-order valence-electron chi connectivity index (χ2n) is 4.03. The van der Waals surface area contributed by atoms with Gasteiger partial charge in [0.05, 0.1) is 17.1 Å². The maximum atomic E-state index is 10.9. The normalized spacial score (nSPS) is 23.6. The van der Waals surface area contributed by atoms with Crippen molar-refractivity contribution in [2.75, 3.05) is 11.9 Å². The van der Waals surface area contributed by atoms with Gasteiger partial charge in [-0.2, -0.15) is 0 Å². The van der Waals surface area contributed by atoms with E-state index in [1.54, 1.807) is 12.1 Å². The average Bonchev–Trinajstić information content (AvgIpc) is 2.67. The molecule has 6 heteroatoms. The average molecular weight is 257 g/mol. The Labute approximate surface area is 104 Å². The van der Waals surface area contributed by atoms with Gasteiger partial charge in [-0.3, -0.25) is 10.1 Å². The lowest BCUT2D eigenvalue weighted by Gasteiger charge is -2.17. The lowest BCUT2D eigenvalue weighted by atomic mass is 10.1. The summed E-state index contributed by atoms with van der Waals surface area (Å²) in [5, 5.41) is 14.4. The lowest BCUT2D eigenvalue weighted by molar-refractivity contribution is -0.384. The van der Waals surface area contributed by atoms with Gasteiger partial charge in [0.25, 0.3) is 5.69 Å².